The summed E-state index contributed by atoms with van der Waals surface area (Å²) in [6.45, 7) is 1.86. The average Bonchev–Trinajstić information content (AvgIpc) is 2.84. The Morgan fingerprint density at radius 2 is 2.00 bits per heavy atom. The maximum atomic E-state index is 12.3. The second kappa shape index (κ2) is 6.75. The highest BCUT2D eigenvalue weighted by Crippen LogP contribution is 2.28. The van der Waals surface area contributed by atoms with Crippen LogP contribution in [0, 0.1) is 6.92 Å². The monoisotopic (exact) mass is 336 g/mol. The van der Waals surface area contributed by atoms with Gasteiger partial charge in [-0.05, 0) is 36.8 Å². The molecule has 0 aliphatic heterocycles. The first kappa shape index (κ1) is 16.9. The summed E-state index contributed by atoms with van der Waals surface area (Å²) >= 11 is 6.03. The van der Waals surface area contributed by atoms with E-state index in [1.807, 2.05) is 6.92 Å². The smallest absolute Gasteiger partial charge is 0.330 e. The summed E-state index contributed by atoms with van der Waals surface area (Å²) in [6, 6.07) is 6.81. The van der Waals surface area contributed by atoms with Crippen LogP contribution in [0.2, 0.25) is 5.02 Å². The van der Waals surface area contributed by atoms with Gasteiger partial charge in [-0.3, -0.25) is 4.79 Å². The second-order valence-corrected chi connectivity index (χ2v) is 5.46. The Morgan fingerprint density at radius 1 is 1.30 bits per heavy atom. The van der Waals surface area contributed by atoms with Crippen LogP contribution in [-0.4, -0.2) is 28.7 Å². The van der Waals surface area contributed by atoms with Crippen LogP contribution in [0.5, 0.6) is 5.75 Å². The molecule has 2 aromatic rings. The molecule has 0 radical (unpaired) electrons. The third-order valence-electron chi connectivity index (χ3n) is 3.64. The summed E-state index contributed by atoms with van der Waals surface area (Å²) in [4.78, 5) is 23.8. The Balaban J connectivity index is 2.29. The van der Waals surface area contributed by atoms with Gasteiger partial charge in [0.25, 0.3) is 5.91 Å². The lowest BCUT2D eigenvalue weighted by atomic mass is 10.1. The molecule has 7 heteroatoms. The van der Waals surface area contributed by atoms with Gasteiger partial charge >= 0.3 is 5.97 Å². The SMILES string of the molecule is COc1ccc(C(NC(=O)c2ccc(C)n2C)C(=O)O)cc1Cl. The van der Waals surface area contributed by atoms with Crippen LogP contribution < -0.4 is 10.1 Å². The highest BCUT2D eigenvalue weighted by molar-refractivity contribution is 6.32. The van der Waals surface area contributed by atoms with E-state index in [0.29, 0.717) is 17.0 Å². The van der Waals surface area contributed by atoms with Crippen molar-refractivity contribution in [2.75, 3.05) is 7.11 Å². The summed E-state index contributed by atoms with van der Waals surface area (Å²) in [5.41, 5.74) is 1.64. The topological polar surface area (TPSA) is 80.6 Å². The lowest BCUT2D eigenvalue weighted by Gasteiger charge is -2.16. The van der Waals surface area contributed by atoms with Gasteiger partial charge in [0.2, 0.25) is 0 Å². The van der Waals surface area contributed by atoms with Crippen molar-refractivity contribution < 1.29 is 19.4 Å². The van der Waals surface area contributed by atoms with Crippen molar-refractivity contribution >= 4 is 23.5 Å². The van der Waals surface area contributed by atoms with Crippen LogP contribution in [0.15, 0.2) is 30.3 Å². The number of aromatic nitrogens is 1. The molecule has 0 saturated carbocycles. The van der Waals surface area contributed by atoms with E-state index < -0.39 is 17.9 Å². The number of aryl methyl sites for hydroxylation is 1. The molecular weight excluding hydrogens is 320 g/mol. The first-order valence-corrected chi connectivity index (χ1v) is 7.22. The largest absolute Gasteiger partial charge is 0.495 e. The van der Waals surface area contributed by atoms with Gasteiger partial charge < -0.3 is 19.7 Å². The first-order valence-electron chi connectivity index (χ1n) is 6.84. The minimum absolute atomic E-state index is 0.278. The van der Waals surface area contributed by atoms with Crippen molar-refractivity contribution in [1.82, 2.24) is 9.88 Å². The van der Waals surface area contributed by atoms with Gasteiger partial charge in [-0.25, -0.2) is 4.79 Å². The molecule has 0 aliphatic rings. The number of halogens is 1. The molecule has 0 bridgehead atoms. The summed E-state index contributed by atoms with van der Waals surface area (Å²) in [5.74, 6) is -1.21. The number of hydrogen-bond donors (Lipinski definition) is 2. The Hall–Kier alpha value is -2.47. The molecule has 2 rings (SSSR count). The minimum Gasteiger partial charge on any atom is -0.495 e. The van der Waals surface area contributed by atoms with E-state index in [4.69, 9.17) is 16.3 Å². The number of aliphatic carboxylic acids is 1. The summed E-state index contributed by atoms with van der Waals surface area (Å²) in [7, 11) is 3.21. The van der Waals surface area contributed by atoms with Gasteiger partial charge in [0.05, 0.1) is 12.1 Å². The number of rotatable bonds is 5. The molecule has 1 aromatic carbocycles. The molecule has 2 N–H and O–H groups in total. The minimum atomic E-state index is -1.21. The molecule has 23 heavy (non-hydrogen) atoms. The highest BCUT2D eigenvalue weighted by atomic mass is 35.5. The van der Waals surface area contributed by atoms with E-state index >= 15 is 0 Å². The molecule has 0 aliphatic carbocycles. The Labute approximate surface area is 138 Å². The first-order chi connectivity index (χ1) is 10.8. The number of nitrogens with zero attached hydrogens (tertiary/aromatic N) is 1. The van der Waals surface area contributed by atoms with Crippen molar-refractivity contribution in [3.63, 3.8) is 0 Å². The van der Waals surface area contributed by atoms with Gasteiger partial charge in [0.1, 0.15) is 11.4 Å². The van der Waals surface area contributed by atoms with E-state index in [-0.39, 0.29) is 5.02 Å². The van der Waals surface area contributed by atoms with Crippen LogP contribution >= 0.6 is 11.6 Å². The maximum Gasteiger partial charge on any atom is 0.330 e. The van der Waals surface area contributed by atoms with Crippen LogP contribution in [0.4, 0.5) is 0 Å². The van der Waals surface area contributed by atoms with E-state index in [2.05, 4.69) is 5.32 Å². The fourth-order valence-corrected chi connectivity index (χ4v) is 2.46. The van der Waals surface area contributed by atoms with Crippen LogP contribution in [0.25, 0.3) is 0 Å². The predicted molar refractivity (Wildman–Crippen MR) is 86.0 cm³/mol. The Bertz CT molecular complexity index is 755. The quantitative estimate of drug-likeness (QED) is 0.879. The molecule has 0 fully saturated rings. The number of benzene rings is 1. The molecule has 1 amide bonds. The van der Waals surface area contributed by atoms with Gasteiger partial charge in [0.15, 0.2) is 6.04 Å². The van der Waals surface area contributed by atoms with Crippen molar-refractivity contribution in [1.29, 1.82) is 0 Å². The number of amides is 1. The zero-order valence-electron chi connectivity index (χ0n) is 13.0. The van der Waals surface area contributed by atoms with Crippen molar-refractivity contribution in [3.8, 4) is 5.75 Å². The second-order valence-electron chi connectivity index (χ2n) is 5.06. The molecule has 1 aromatic heterocycles. The number of carbonyl (C=O) groups excluding carboxylic acids is 1. The van der Waals surface area contributed by atoms with Crippen molar-refractivity contribution in [2.45, 2.75) is 13.0 Å². The van der Waals surface area contributed by atoms with Gasteiger partial charge in [-0.15, -0.1) is 0 Å². The van der Waals surface area contributed by atoms with Crippen LogP contribution in [0.3, 0.4) is 0 Å². The number of nitrogens with one attached hydrogen (secondary N) is 1. The standard InChI is InChI=1S/C16H17ClN2O4/c1-9-4-6-12(19(9)2)15(20)18-14(16(21)22)10-5-7-13(23-3)11(17)8-10/h4-8,14H,1-3H3,(H,18,20)(H,21,22). The number of carboxylic acid groups (broad SMARTS) is 1. The molecule has 0 saturated heterocycles. The summed E-state index contributed by atoms with van der Waals surface area (Å²) < 4.78 is 6.73. The average molecular weight is 337 g/mol. The molecule has 1 atom stereocenters. The van der Waals surface area contributed by atoms with Crippen molar-refractivity contribution in [2.24, 2.45) is 7.05 Å². The number of carbonyl (C=O) groups is 2. The molecule has 122 valence electrons. The number of carboxylic acids is 1. The molecular formula is C16H17ClN2O4. The highest BCUT2D eigenvalue weighted by Gasteiger charge is 2.24. The van der Waals surface area contributed by atoms with E-state index in [1.54, 1.807) is 35.9 Å². The van der Waals surface area contributed by atoms with Crippen LogP contribution in [-0.2, 0) is 11.8 Å². The number of hydrogen-bond acceptors (Lipinski definition) is 3. The lowest BCUT2D eigenvalue weighted by Crippen LogP contribution is -2.34. The lowest BCUT2D eigenvalue weighted by molar-refractivity contribution is -0.139. The van der Waals surface area contributed by atoms with E-state index in [0.717, 1.165) is 5.69 Å². The number of ether oxygens (including phenoxy) is 1. The summed E-state index contributed by atoms with van der Waals surface area (Å²) in [5, 5.41) is 12.2. The predicted octanol–water partition coefficient (Wildman–Crippen LogP) is 2.55. The van der Waals surface area contributed by atoms with E-state index in [9.17, 15) is 14.7 Å². The normalized spacial score (nSPS) is 11.8. The van der Waals surface area contributed by atoms with Gasteiger partial charge in [-0.1, -0.05) is 17.7 Å². The molecule has 6 nitrogen and oxygen atoms in total. The van der Waals surface area contributed by atoms with Crippen molar-refractivity contribution in [3.05, 3.63) is 52.3 Å². The van der Waals surface area contributed by atoms with Gasteiger partial charge in [-0.2, -0.15) is 0 Å². The number of methoxy groups -OCH3 is 1. The summed E-state index contributed by atoms with van der Waals surface area (Å²) in [6.07, 6.45) is 0. The fraction of sp³-hybridized carbons (Fsp3) is 0.250. The van der Waals surface area contributed by atoms with E-state index in [1.165, 1.54) is 13.2 Å². The third-order valence-corrected chi connectivity index (χ3v) is 3.93. The van der Waals surface area contributed by atoms with Gasteiger partial charge in [0, 0.05) is 12.7 Å². The zero-order chi connectivity index (χ0) is 17.1. The molecule has 0 spiro atoms. The molecule has 1 unspecified atom stereocenters. The molecule has 1 heterocycles. The Kier molecular flexibility index (Phi) is 4.95. The maximum absolute atomic E-state index is 12.3. The third kappa shape index (κ3) is 3.48. The fourth-order valence-electron chi connectivity index (χ4n) is 2.20. The Morgan fingerprint density at radius 3 is 2.48 bits per heavy atom. The van der Waals surface area contributed by atoms with Crippen LogP contribution in [0.1, 0.15) is 27.8 Å². The zero-order valence-corrected chi connectivity index (χ0v) is 13.7.